The number of benzene rings is 3. The van der Waals surface area contributed by atoms with Gasteiger partial charge in [-0.25, -0.2) is 9.55 Å². The van der Waals surface area contributed by atoms with E-state index in [0.717, 1.165) is 11.1 Å². The number of aromatic nitrogens is 2. The van der Waals surface area contributed by atoms with Gasteiger partial charge in [0.2, 0.25) is 5.95 Å². The summed E-state index contributed by atoms with van der Waals surface area (Å²) < 4.78 is 17.4. The Labute approximate surface area is 189 Å². The second-order valence-electron chi connectivity index (χ2n) is 7.20. The Kier molecular flexibility index (Phi) is 6.24. The summed E-state index contributed by atoms with van der Waals surface area (Å²) >= 11 is 0. The monoisotopic (exact) mass is 462 g/mol. The SMILES string of the molecule is N#Cc1ccc2c(c1)nc(NC(=O)c1ccccc1)n2CCc1ccc(OP(=O)(O)O)cc1. The molecule has 0 spiro atoms. The van der Waals surface area contributed by atoms with Gasteiger partial charge in [0, 0.05) is 12.1 Å². The van der Waals surface area contributed by atoms with Gasteiger partial charge in [-0.2, -0.15) is 5.26 Å². The molecule has 4 aromatic rings. The zero-order valence-electron chi connectivity index (χ0n) is 17.3. The minimum Gasteiger partial charge on any atom is -0.404 e. The van der Waals surface area contributed by atoms with Crippen LogP contribution in [0.2, 0.25) is 0 Å². The maximum Gasteiger partial charge on any atom is 0.524 e. The van der Waals surface area contributed by atoms with Gasteiger partial charge in [0.05, 0.1) is 22.7 Å². The van der Waals surface area contributed by atoms with Crippen molar-refractivity contribution in [1.82, 2.24) is 9.55 Å². The van der Waals surface area contributed by atoms with Gasteiger partial charge in [0.15, 0.2) is 0 Å². The number of hydrogen-bond donors (Lipinski definition) is 3. The van der Waals surface area contributed by atoms with E-state index in [9.17, 15) is 14.6 Å². The molecule has 3 aromatic carbocycles. The number of nitrogens with one attached hydrogen (secondary N) is 1. The second kappa shape index (κ2) is 9.27. The standard InChI is InChI=1S/C23H19N4O5P/c24-15-17-8-11-21-20(14-17)25-23(26-22(28)18-4-2-1-3-5-18)27(21)13-12-16-6-9-19(10-7-16)32-33(29,30)31/h1-11,14H,12-13H2,(H,25,26,28)(H2,29,30,31). The van der Waals surface area contributed by atoms with E-state index >= 15 is 0 Å². The number of nitrogens with zero attached hydrogens (tertiary/aromatic N) is 3. The molecule has 0 saturated heterocycles. The fraction of sp³-hybridized carbons (Fsp3) is 0.0870. The first kappa shape index (κ1) is 22.2. The van der Waals surface area contributed by atoms with Crippen molar-refractivity contribution >= 4 is 30.7 Å². The third kappa shape index (κ3) is 5.45. The number of imidazole rings is 1. The van der Waals surface area contributed by atoms with Crippen molar-refractivity contribution in [3.63, 3.8) is 0 Å². The Morgan fingerprint density at radius 1 is 1.09 bits per heavy atom. The minimum absolute atomic E-state index is 0.0695. The van der Waals surface area contributed by atoms with Crippen LogP contribution in [0.5, 0.6) is 5.75 Å². The number of hydrogen-bond acceptors (Lipinski definition) is 5. The summed E-state index contributed by atoms with van der Waals surface area (Å²) in [6, 6.07) is 22.4. The molecule has 4 rings (SSSR count). The first-order valence-corrected chi connectivity index (χ1v) is 11.5. The number of aryl methyl sites for hydroxylation is 2. The summed E-state index contributed by atoms with van der Waals surface area (Å²) in [5, 5.41) is 12.0. The fourth-order valence-corrected chi connectivity index (χ4v) is 3.78. The van der Waals surface area contributed by atoms with Crippen LogP contribution in [0.1, 0.15) is 21.5 Å². The number of carbonyl (C=O) groups is 1. The number of fused-ring (bicyclic) bond motifs is 1. The molecule has 10 heteroatoms. The predicted molar refractivity (Wildman–Crippen MR) is 122 cm³/mol. The summed E-state index contributed by atoms with van der Waals surface area (Å²) in [4.78, 5) is 35.1. The molecular weight excluding hydrogens is 443 g/mol. The number of phosphoric acid groups is 1. The first-order valence-electron chi connectivity index (χ1n) is 9.93. The molecule has 0 radical (unpaired) electrons. The molecule has 0 saturated carbocycles. The average Bonchev–Trinajstić information content (AvgIpc) is 3.14. The van der Waals surface area contributed by atoms with Crippen LogP contribution >= 0.6 is 7.82 Å². The molecule has 166 valence electrons. The Bertz CT molecular complexity index is 1390. The van der Waals surface area contributed by atoms with E-state index in [-0.39, 0.29) is 11.7 Å². The zero-order valence-corrected chi connectivity index (χ0v) is 18.1. The molecule has 0 bridgehead atoms. The van der Waals surface area contributed by atoms with Gasteiger partial charge in [-0.3, -0.25) is 19.9 Å². The first-order chi connectivity index (χ1) is 15.8. The second-order valence-corrected chi connectivity index (χ2v) is 8.36. The lowest BCUT2D eigenvalue weighted by Crippen LogP contribution is -2.16. The quantitative estimate of drug-likeness (QED) is 0.355. The van der Waals surface area contributed by atoms with Crippen molar-refractivity contribution < 1.29 is 23.7 Å². The lowest BCUT2D eigenvalue weighted by Gasteiger charge is -2.11. The Morgan fingerprint density at radius 3 is 2.48 bits per heavy atom. The molecule has 0 aliphatic carbocycles. The third-order valence-electron chi connectivity index (χ3n) is 4.91. The normalized spacial score (nSPS) is 11.2. The molecule has 9 nitrogen and oxygen atoms in total. The molecule has 0 atom stereocenters. The summed E-state index contributed by atoms with van der Waals surface area (Å²) in [6.45, 7) is 0.464. The summed E-state index contributed by atoms with van der Waals surface area (Å²) in [5.41, 5.74) is 3.20. The number of phosphoric ester groups is 1. The van der Waals surface area contributed by atoms with Crippen LogP contribution in [0.3, 0.4) is 0 Å². The number of nitriles is 1. The fourth-order valence-electron chi connectivity index (χ4n) is 3.38. The van der Waals surface area contributed by atoms with E-state index in [1.54, 1.807) is 54.6 Å². The van der Waals surface area contributed by atoms with Gasteiger partial charge in [0.1, 0.15) is 5.75 Å². The van der Waals surface area contributed by atoms with Crippen LogP contribution in [0, 0.1) is 11.3 Å². The summed E-state index contributed by atoms with van der Waals surface area (Å²) in [6.07, 6.45) is 0.551. The van der Waals surface area contributed by atoms with Crippen molar-refractivity contribution in [3.8, 4) is 11.8 Å². The van der Waals surface area contributed by atoms with E-state index in [0.29, 0.717) is 35.6 Å². The molecule has 0 unspecified atom stereocenters. The largest absolute Gasteiger partial charge is 0.524 e. The number of anilines is 1. The van der Waals surface area contributed by atoms with E-state index in [1.807, 2.05) is 10.6 Å². The molecule has 3 N–H and O–H groups in total. The van der Waals surface area contributed by atoms with Gasteiger partial charge < -0.3 is 9.09 Å². The lowest BCUT2D eigenvalue weighted by molar-refractivity contribution is 0.102. The van der Waals surface area contributed by atoms with Crippen LogP contribution in [0.25, 0.3) is 11.0 Å². The van der Waals surface area contributed by atoms with Crippen molar-refractivity contribution in [2.24, 2.45) is 0 Å². The smallest absolute Gasteiger partial charge is 0.404 e. The minimum atomic E-state index is -4.61. The average molecular weight is 462 g/mol. The van der Waals surface area contributed by atoms with Crippen LogP contribution < -0.4 is 9.84 Å². The van der Waals surface area contributed by atoms with Gasteiger partial charge in [-0.1, -0.05) is 30.3 Å². The van der Waals surface area contributed by atoms with Gasteiger partial charge in [-0.05, 0) is 54.4 Å². The van der Waals surface area contributed by atoms with Crippen molar-refractivity contribution in [3.05, 3.63) is 89.5 Å². The van der Waals surface area contributed by atoms with Gasteiger partial charge >= 0.3 is 7.82 Å². The molecule has 0 fully saturated rings. The van der Waals surface area contributed by atoms with Crippen molar-refractivity contribution in [1.29, 1.82) is 5.26 Å². The van der Waals surface area contributed by atoms with Crippen molar-refractivity contribution in [2.75, 3.05) is 5.32 Å². The van der Waals surface area contributed by atoms with E-state index in [4.69, 9.17) is 9.79 Å². The van der Waals surface area contributed by atoms with Gasteiger partial charge in [0.25, 0.3) is 5.91 Å². The molecular formula is C23H19N4O5P. The van der Waals surface area contributed by atoms with Gasteiger partial charge in [-0.15, -0.1) is 0 Å². The zero-order chi connectivity index (χ0) is 23.4. The van der Waals surface area contributed by atoms with Crippen LogP contribution in [0.4, 0.5) is 5.95 Å². The molecule has 33 heavy (non-hydrogen) atoms. The number of carbonyl (C=O) groups excluding carboxylic acids is 1. The van der Waals surface area contributed by atoms with E-state index < -0.39 is 7.82 Å². The number of rotatable bonds is 7. The lowest BCUT2D eigenvalue weighted by atomic mass is 10.1. The Balaban J connectivity index is 1.60. The predicted octanol–water partition coefficient (Wildman–Crippen LogP) is 3.87. The maximum absolute atomic E-state index is 12.7. The molecule has 1 heterocycles. The highest BCUT2D eigenvalue weighted by Crippen LogP contribution is 2.37. The topological polar surface area (TPSA) is 137 Å². The Hall–Kier alpha value is -3.96. The maximum atomic E-state index is 12.7. The van der Waals surface area contributed by atoms with Crippen LogP contribution in [-0.4, -0.2) is 25.2 Å². The number of amides is 1. The van der Waals surface area contributed by atoms with E-state index in [1.165, 1.54) is 12.1 Å². The molecule has 0 aliphatic rings. The molecule has 0 aliphatic heterocycles. The van der Waals surface area contributed by atoms with E-state index in [2.05, 4.69) is 20.9 Å². The molecule has 1 amide bonds. The highest BCUT2D eigenvalue weighted by Gasteiger charge is 2.17. The third-order valence-corrected chi connectivity index (χ3v) is 5.36. The summed E-state index contributed by atoms with van der Waals surface area (Å²) in [7, 11) is -4.61. The highest BCUT2D eigenvalue weighted by atomic mass is 31.2. The highest BCUT2D eigenvalue weighted by molar-refractivity contribution is 7.46. The molecule has 1 aromatic heterocycles. The van der Waals surface area contributed by atoms with Crippen LogP contribution in [-0.2, 0) is 17.5 Å². The van der Waals surface area contributed by atoms with Crippen molar-refractivity contribution in [2.45, 2.75) is 13.0 Å². The summed E-state index contributed by atoms with van der Waals surface area (Å²) in [5.74, 6) is 0.127. The van der Waals surface area contributed by atoms with Crippen LogP contribution in [0.15, 0.2) is 72.8 Å². The Morgan fingerprint density at radius 2 is 1.82 bits per heavy atom.